The highest BCUT2D eigenvalue weighted by atomic mass is 35.5. The zero-order chi connectivity index (χ0) is 16.2. The molecule has 2 aliphatic rings. The van der Waals surface area contributed by atoms with Gasteiger partial charge in [0.05, 0.1) is 23.3 Å². The van der Waals surface area contributed by atoms with Crippen LogP contribution in [0.15, 0.2) is 30.4 Å². The van der Waals surface area contributed by atoms with E-state index < -0.39 is 0 Å². The number of allylic oxidation sites excluding steroid dienone is 1. The second kappa shape index (κ2) is 8.02. The molecule has 1 aromatic rings. The molecule has 2 nitrogen and oxygen atoms in total. The van der Waals surface area contributed by atoms with E-state index in [1.807, 2.05) is 19.1 Å². The Kier molecular flexibility index (Phi) is 6.03. The van der Waals surface area contributed by atoms with Gasteiger partial charge < -0.3 is 9.47 Å². The Hall–Kier alpha value is -0.540. The van der Waals surface area contributed by atoms with Crippen molar-refractivity contribution in [2.45, 2.75) is 44.8 Å². The minimum absolute atomic E-state index is 0.0220. The number of hydrogen-bond acceptors (Lipinski definition) is 2. The normalized spacial score (nSPS) is 32.3. The largest absolute Gasteiger partial charge is 0.352 e. The van der Waals surface area contributed by atoms with Crippen molar-refractivity contribution in [1.82, 2.24) is 0 Å². The van der Waals surface area contributed by atoms with Crippen molar-refractivity contribution in [2.75, 3.05) is 13.2 Å². The molecule has 0 spiro atoms. The van der Waals surface area contributed by atoms with Gasteiger partial charge in [0.15, 0.2) is 6.29 Å². The van der Waals surface area contributed by atoms with Crippen molar-refractivity contribution in [3.63, 3.8) is 0 Å². The molecule has 3 rings (SSSR count). The lowest BCUT2D eigenvalue weighted by Crippen LogP contribution is -2.37. The summed E-state index contributed by atoms with van der Waals surface area (Å²) in [5.74, 6) is 1.49. The van der Waals surface area contributed by atoms with Crippen LogP contribution in [0.1, 0.15) is 44.1 Å². The maximum atomic E-state index is 6.15. The molecule has 23 heavy (non-hydrogen) atoms. The van der Waals surface area contributed by atoms with E-state index in [9.17, 15) is 0 Å². The second-order valence-electron chi connectivity index (χ2n) is 6.61. The summed E-state index contributed by atoms with van der Waals surface area (Å²) in [6.45, 7) is 3.60. The Balaban J connectivity index is 1.51. The Bertz CT molecular complexity index is 542. The summed E-state index contributed by atoms with van der Waals surface area (Å²) in [5.41, 5.74) is 1.30. The van der Waals surface area contributed by atoms with Gasteiger partial charge in [0, 0.05) is 11.8 Å². The van der Waals surface area contributed by atoms with Gasteiger partial charge in [0.25, 0.3) is 0 Å². The van der Waals surface area contributed by atoms with E-state index in [0.717, 1.165) is 38.9 Å². The van der Waals surface area contributed by atoms with Gasteiger partial charge in [-0.2, -0.15) is 0 Å². The van der Waals surface area contributed by atoms with Crippen LogP contribution in [0.25, 0.3) is 0 Å². The van der Waals surface area contributed by atoms with Crippen molar-refractivity contribution in [1.29, 1.82) is 0 Å². The molecule has 0 aromatic heterocycles. The third-order valence-corrected chi connectivity index (χ3v) is 5.72. The summed E-state index contributed by atoms with van der Waals surface area (Å²) in [6.07, 6.45) is 8.81. The van der Waals surface area contributed by atoms with E-state index >= 15 is 0 Å². The van der Waals surface area contributed by atoms with E-state index in [-0.39, 0.29) is 6.29 Å². The minimum atomic E-state index is -0.0220. The maximum absolute atomic E-state index is 6.15. The fourth-order valence-corrected chi connectivity index (χ4v) is 3.99. The summed E-state index contributed by atoms with van der Waals surface area (Å²) >= 11 is 12.2. The van der Waals surface area contributed by atoms with Gasteiger partial charge in [-0.3, -0.25) is 0 Å². The predicted molar refractivity (Wildman–Crippen MR) is 95.2 cm³/mol. The quantitative estimate of drug-likeness (QED) is 0.635. The summed E-state index contributed by atoms with van der Waals surface area (Å²) in [6, 6.07) is 6.03. The first kappa shape index (κ1) is 17.3. The van der Waals surface area contributed by atoms with E-state index in [1.54, 1.807) is 0 Å². The first-order chi connectivity index (χ1) is 11.2. The monoisotopic (exact) mass is 354 g/mol. The second-order valence-corrected chi connectivity index (χ2v) is 7.42. The highest BCUT2D eigenvalue weighted by molar-refractivity contribution is 6.42. The molecule has 1 saturated carbocycles. The van der Waals surface area contributed by atoms with Crippen molar-refractivity contribution in [2.24, 2.45) is 11.8 Å². The van der Waals surface area contributed by atoms with Crippen LogP contribution < -0.4 is 0 Å². The fourth-order valence-electron chi connectivity index (χ4n) is 3.68. The van der Waals surface area contributed by atoms with Crippen LogP contribution in [0.3, 0.4) is 0 Å². The van der Waals surface area contributed by atoms with Gasteiger partial charge in [-0.1, -0.05) is 41.4 Å². The molecule has 0 unspecified atom stereocenters. The number of halogens is 2. The van der Waals surface area contributed by atoms with Gasteiger partial charge in [0.2, 0.25) is 0 Å². The Morgan fingerprint density at radius 2 is 1.70 bits per heavy atom. The van der Waals surface area contributed by atoms with Gasteiger partial charge in [-0.15, -0.1) is 0 Å². The average Bonchev–Trinajstić information content (AvgIpc) is 2.59. The van der Waals surface area contributed by atoms with E-state index in [2.05, 4.69) is 18.2 Å². The first-order valence-electron chi connectivity index (χ1n) is 8.48. The lowest BCUT2D eigenvalue weighted by Gasteiger charge is -2.37. The van der Waals surface area contributed by atoms with Gasteiger partial charge in [-0.25, -0.2) is 0 Å². The molecule has 126 valence electrons. The van der Waals surface area contributed by atoms with E-state index in [1.165, 1.54) is 5.56 Å². The molecule has 1 saturated heterocycles. The van der Waals surface area contributed by atoms with Crippen LogP contribution >= 0.6 is 23.2 Å². The highest BCUT2D eigenvalue weighted by Gasteiger charge is 2.32. The number of hydrogen-bond donors (Lipinski definition) is 0. The van der Waals surface area contributed by atoms with Crippen LogP contribution in [0.4, 0.5) is 0 Å². The molecule has 0 radical (unpaired) electrons. The van der Waals surface area contributed by atoms with E-state index in [0.29, 0.717) is 27.8 Å². The molecule has 1 aliphatic carbocycles. The summed E-state index contributed by atoms with van der Waals surface area (Å²) in [4.78, 5) is 0. The first-order valence-corrected chi connectivity index (χ1v) is 9.24. The standard InChI is InChI=1S/C19H24Cl2O2/c1-2-3-13-11-22-19(23-12-13)15-6-4-14(5-7-15)16-8-9-17(20)18(21)10-16/h2-3,8-10,13-15,19H,4-7,11-12H2,1H3/b3-2+/t13-,14-,15-,19-. The van der Waals surface area contributed by atoms with Gasteiger partial charge in [-0.05, 0) is 56.2 Å². The van der Waals surface area contributed by atoms with Crippen LogP contribution in [-0.4, -0.2) is 19.5 Å². The third-order valence-electron chi connectivity index (χ3n) is 4.99. The van der Waals surface area contributed by atoms with Gasteiger partial charge >= 0.3 is 0 Å². The van der Waals surface area contributed by atoms with Gasteiger partial charge in [0.1, 0.15) is 0 Å². The fraction of sp³-hybridized carbons (Fsp3) is 0.579. The zero-order valence-corrected chi connectivity index (χ0v) is 15.0. The Morgan fingerprint density at radius 3 is 2.30 bits per heavy atom. The van der Waals surface area contributed by atoms with Crippen LogP contribution in [0, 0.1) is 11.8 Å². The van der Waals surface area contributed by atoms with Crippen molar-refractivity contribution >= 4 is 23.2 Å². The molecule has 0 amide bonds. The summed E-state index contributed by atoms with van der Waals surface area (Å²) in [5, 5.41) is 1.28. The summed E-state index contributed by atoms with van der Waals surface area (Å²) < 4.78 is 11.9. The predicted octanol–water partition coefficient (Wildman–Crippen LogP) is 5.83. The van der Waals surface area contributed by atoms with Crippen LogP contribution in [0.2, 0.25) is 10.0 Å². The highest BCUT2D eigenvalue weighted by Crippen LogP contribution is 2.40. The molecule has 0 bridgehead atoms. The van der Waals surface area contributed by atoms with E-state index in [4.69, 9.17) is 32.7 Å². The SMILES string of the molecule is C/C=C/[C@H]1CO[C@H]([C@H]2CC[C@H](c3ccc(Cl)c(Cl)c3)CC2)OC1. The number of rotatable bonds is 3. The smallest absolute Gasteiger partial charge is 0.160 e. The van der Waals surface area contributed by atoms with Crippen LogP contribution in [-0.2, 0) is 9.47 Å². The average molecular weight is 355 g/mol. The maximum Gasteiger partial charge on any atom is 0.160 e. The zero-order valence-electron chi connectivity index (χ0n) is 13.5. The molecular weight excluding hydrogens is 331 g/mol. The van der Waals surface area contributed by atoms with Crippen molar-refractivity contribution in [3.05, 3.63) is 46.0 Å². The number of benzene rings is 1. The molecule has 1 aromatic carbocycles. The van der Waals surface area contributed by atoms with Crippen molar-refractivity contribution in [3.8, 4) is 0 Å². The van der Waals surface area contributed by atoms with Crippen molar-refractivity contribution < 1.29 is 9.47 Å². The summed E-state index contributed by atoms with van der Waals surface area (Å²) in [7, 11) is 0. The Labute approximate surface area is 148 Å². The molecule has 4 heteroatoms. The Morgan fingerprint density at radius 1 is 1.00 bits per heavy atom. The molecular formula is C19H24Cl2O2. The molecule has 1 aliphatic heterocycles. The number of ether oxygens (including phenoxy) is 2. The lowest BCUT2D eigenvalue weighted by molar-refractivity contribution is -0.222. The third kappa shape index (κ3) is 4.30. The molecule has 0 N–H and O–H groups in total. The lowest BCUT2D eigenvalue weighted by atomic mass is 9.78. The van der Waals surface area contributed by atoms with Crippen LogP contribution in [0.5, 0.6) is 0 Å². The minimum Gasteiger partial charge on any atom is -0.352 e. The molecule has 0 atom stereocenters. The molecule has 1 heterocycles. The topological polar surface area (TPSA) is 18.5 Å². The molecule has 2 fully saturated rings.